The average molecular weight is 416 g/mol. The molecular weight excluding hydrogens is 392 g/mol. The zero-order chi connectivity index (χ0) is 22.0. The van der Waals surface area contributed by atoms with E-state index in [1.807, 2.05) is 67.7 Å². The van der Waals surface area contributed by atoms with Crippen molar-refractivity contribution in [1.82, 2.24) is 20.4 Å². The minimum absolute atomic E-state index is 0.240. The number of allylic oxidation sites excluding steroid dienone is 1. The van der Waals surface area contributed by atoms with Crippen LogP contribution in [-0.2, 0) is 9.53 Å². The first-order valence-corrected chi connectivity index (χ1v) is 10.2. The number of hydrogen-bond donors (Lipinski definition) is 2. The van der Waals surface area contributed by atoms with Gasteiger partial charge in [0.05, 0.1) is 29.6 Å². The maximum Gasteiger partial charge on any atom is 0.338 e. The number of benzene rings is 2. The van der Waals surface area contributed by atoms with Gasteiger partial charge in [-0.05, 0) is 32.9 Å². The lowest BCUT2D eigenvalue weighted by atomic mass is 9.93. The van der Waals surface area contributed by atoms with Gasteiger partial charge in [0.1, 0.15) is 0 Å². The van der Waals surface area contributed by atoms with Crippen LogP contribution in [0.3, 0.4) is 0 Å². The SMILES string of the molecule is CCOC(=O)C1=C(C)NC(=O)N[C@@H]1c1cn(-c2ccccc2)nc1-c1ccc(C)cc1. The van der Waals surface area contributed by atoms with Crippen molar-refractivity contribution in [2.24, 2.45) is 0 Å². The fourth-order valence-corrected chi connectivity index (χ4v) is 3.65. The van der Waals surface area contributed by atoms with Gasteiger partial charge in [-0.25, -0.2) is 14.3 Å². The number of urea groups is 1. The molecule has 1 aromatic heterocycles. The van der Waals surface area contributed by atoms with Crippen LogP contribution in [-0.4, -0.2) is 28.4 Å². The van der Waals surface area contributed by atoms with E-state index in [1.165, 1.54) is 0 Å². The molecule has 0 radical (unpaired) electrons. The fourth-order valence-electron chi connectivity index (χ4n) is 3.65. The number of rotatable bonds is 5. The predicted octanol–water partition coefficient (Wildman–Crippen LogP) is 4.04. The monoisotopic (exact) mass is 416 g/mol. The van der Waals surface area contributed by atoms with E-state index in [1.54, 1.807) is 18.5 Å². The second-order valence-corrected chi connectivity index (χ2v) is 7.37. The molecular formula is C24H24N4O3. The molecule has 2 aromatic carbocycles. The number of aryl methyl sites for hydroxylation is 1. The molecule has 0 saturated heterocycles. The number of hydrogen-bond acceptors (Lipinski definition) is 4. The molecule has 0 aliphatic carbocycles. The van der Waals surface area contributed by atoms with E-state index in [-0.39, 0.29) is 12.6 Å². The van der Waals surface area contributed by atoms with Gasteiger partial charge in [-0.15, -0.1) is 0 Å². The molecule has 0 spiro atoms. The zero-order valence-corrected chi connectivity index (χ0v) is 17.7. The third kappa shape index (κ3) is 4.07. The average Bonchev–Trinajstić information content (AvgIpc) is 3.20. The molecule has 0 saturated carbocycles. The Morgan fingerprint density at radius 3 is 2.48 bits per heavy atom. The molecule has 158 valence electrons. The Morgan fingerprint density at radius 1 is 1.10 bits per heavy atom. The van der Waals surface area contributed by atoms with Crippen LogP contribution >= 0.6 is 0 Å². The maximum absolute atomic E-state index is 12.8. The molecule has 7 heteroatoms. The first-order chi connectivity index (χ1) is 15.0. The Kier molecular flexibility index (Phi) is 5.58. The zero-order valence-electron chi connectivity index (χ0n) is 17.7. The number of nitrogens with zero attached hydrogens (tertiary/aromatic N) is 2. The standard InChI is InChI=1S/C24H24N4O3/c1-4-31-23(29)20-16(3)25-24(30)26-22(20)19-14-28(18-8-6-5-7-9-18)27-21(19)17-12-10-15(2)11-13-17/h5-14,22H,4H2,1-3H3,(H2,25,26,30)/t22-/m1/s1. The van der Waals surface area contributed by atoms with Crippen molar-refractivity contribution in [2.45, 2.75) is 26.8 Å². The van der Waals surface area contributed by atoms with Crippen LogP contribution in [0.15, 0.2) is 72.1 Å². The molecule has 0 bridgehead atoms. The molecule has 7 nitrogen and oxygen atoms in total. The maximum atomic E-state index is 12.8. The lowest BCUT2D eigenvalue weighted by molar-refractivity contribution is -0.139. The lowest BCUT2D eigenvalue weighted by Gasteiger charge is -2.27. The van der Waals surface area contributed by atoms with Gasteiger partial charge < -0.3 is 15.4 Å². The van der Waals surface area contributed by atoms with E-state index in [4.69, 9.17) is 9.84 Å². The summed E-state index contributed by atoms with van der Waals surface area (Å²) in [6.45, 7) is 5.71. The molecule has 0 fully saturated rings. The van der Waals surface area contributed by atoms with Crippen LogP contribution in [0.5, 0.6) is 0 Å². The van der Waals surface area contributed by atoms with Crippen molar-refractivity contribution in [2.75, 3.05) is 6.61 Å². The van der Waals surface area contributed by atoms with Crippen LogP contribution in [0.2, 0.25) is 0 Å². The van der Waals surface area contributed by atoms with Crippen LogP contribution in [0.4, 0.5) is 4.79 Å². The molecule has 1 aliphatic heterocycles. The highest BCUT2D eigenvalue weighted by Crippen LogP contribution is 2.35. The van der Waals surface area contributed by atoms with Gasteiger partial charge in [-0.1, -0.05) is 48.0 Å². The molecule has 31 heavy (non-hydrogen) atoms. The summed E-state index contributed by atoms with van der Waals surface area (Å²) in [6.07, 6.45) is 1.85. The van der Waals surface area contributed by atoms with Crippen molar-refractivity contribution in [3.8, 4) is 16.9 Å². The Bertz CT molecular complexity index is 1150. The van der Waals surface area contributed by atoms with Gasteiger partial charge in [-0.2, -0.15) is 5.10 Å². The van der Waals surface area contributed by atoms with Crippen molar-refractivity contribution in [1.29, 1.82) is 0 Å². The largest absolute Gasteiger partial charge is 0.463 e. The van der Waals surface area contributed by atoms with Crippen molar-refractivity contribution in [3.05, 3.63) is 83.2 Å². The van der Waals surface area contributed by atoms with Crippen LogP contribution in [0, 0.1) is 6.92 Å². The van der Waals surface area contributed by atoms with Gasteiger partial charge in [0, 0.05) is 23.0 Å². The van der Waals surface area contributed by atoms with Gasteiger partial charge in [-0.3, -0.25) is 0 Å². The Morgan fingerprint density at radius 2 is 1.81 bits per heavy atom. The third-order valence-corrected chi connectivity index (χ3v) is 5.16. The number of amides is 2. The first-order valence-electron chi connectivity index (χ1n) is 10.2. The van der Waals surface area contributed by atoms with Crippen molar-refractivity contribution in [3.63, 3.8) is 0 Å². The van der Waals surface area contributed by atoms with E-state index >= 15 is 0 Å². The van der Waals surface area contributed by atoms with E-state index in [0.29, 0.717) is 22.5 Å². The second-order valence-electron chi connectivity index (χ2n) is 7.37. The molecule has 1 aliphatic rings. The highest BCUT2D eigenvalue weighted by atomic mass is 16.5. The number of ether oxygens (including phenoxy) is 1. The summed E-state index contributed by atoms with van der Waals surface area (Å²) < 4.78 is 7.04. The summed E-state index contributed by atoms with van der Waals surface area (Å²) in [4.78, 5) is 25.1. The molecule has 3 aromatic rings. The van der Waals surface area contributed by atoms with Gasteiger partial charge in [0.25, 0.3) is 0 Å². The Labute approximate surface area is 180 Å². The normalized spacial score (nSPS) is 16.0. The van der Waals surface area contributed by atoms with Crippen molar-refractivity contribution >= 4 is 12.0 Å². The van der Waals surface area contributed by atoms with Gasteiger partial charge >= 0.3 is 12.0 Å². The van der Waals surface area contributed by atoms with E-state index in [9.17, 15) is 9.59 Å². The Balaban J connectivity index is 1.90. The summed E-state index contributed by atoms with van der Waals surface area (Å²) >= 11 is 0. The van der Waals surface area contributed by atoms with Crippen LogP contribution < -0.4 is 10.6 Å². The third-order valence-electron chi connectivity index (χ3n) is 5.16. The number of para-hydroxylation sites is 1. The molecule has 4 rings (SSSR count). The number of carbonyl (C=O) groups is 2. The minimum atomic E-state index is -0.693. The quantitative estimate of drug-likeness (QED) is 0.615. The summed E-state index contributed by atoms with van der Waals surface area (Å²) in [5.74, 6) is -0.472. The van der Waals surface area contributed by atoms with E-state index < -0.39 is 12.0 Å². The summed E-state index contributed by atoms with van der Waals surface area (Å²) in [5, 5.41) is 10.4. The molecule has 2 N–H and O–H groups in total. The fraction of sp³-hybridized carbons (Fsp3) is 0.208. The van der Waals surface area contributed by atoms with Crippen LogP contribution in [0.25, 0.3) is 16.9 Å². The molecule has 2 amide bonds. The molecule has 0 unspecified atom stereocenters. The van der Waals surface area contributed by atoms with Crippen LogP contribution in [0.1, 0.15) is 31.0 Å². The smallest absolute Gasteiger partial charge is 0.338 e. The number of aromatic nitrogens is 2. The lowest BCUT2D eigenvalue weighted by Crippen LogP contribution is -2.45. The van der Waals surface area contributed by atoms with Crippen molar-refractivity contribution < 1.29 is 14.3 Å². The number of carbonyl (C=O) groups excluding carboxylic acids is 2. The number of esters is 1. The number of nitrogens with one attached hydrogen (secondary N) is 2. The van der Waals surface area contributed by atoms with E-state index in [2.05, 4.69) is 10.6 Å². The topological polar surface area (TPSA) is 85.2 Å². The summed E-state index contributed by atoms with van der Waals surface area (Å²) in [5.41, 5.74) is 5.13. The van der Waals surface area contributed by atoms with Gasteiger partial charge in [0.2, 0.25) is 0 Å². The second kappa shape index (κ2) is 8.47. The predicted molar refractivity (Wildman–Crippen MR) is 117 cm³/mol. The molecule has 1 atom stereocenters. The highest BCUT2D eigenvalue weighted by molar-refractivity contribution is 5.95. The molecule has 2 heterocycles. The summed E-state index contributed by atoms with van der Waals surface area (Å²) in [7, 11) is 0. The van der Waals surface area contributed by atoms with Gasteiger partial charge in [0.15, 0.2) is 0 Å². The first kappa shape index (κ1) is 20.4. The Hall–Kier alpha value is -3.87. The highest BCUT2D eigenvalue weighted by Gasteiger charge is 2.35. The van der Waals surface area contributed by atoms with E-state index in [0.717, 1.165) is 16.8 Å². The summed E-state index contributed by atoms with van der Waals surface area (Å²) in [6, 6.07) is 16.6. The minimum Gasteiger partial charge on any atom is -0.463 e.